The summed E-state index contributed by atoms with van der Waals surface area (Å²) in [5.74, 6) is 0.449. The molecule has 1 atom stereocenters. The Morgan fingerprint density at radius 3 is 2.65 bits per heavy atom. The van der Waals surface area contributed by atoms with Gasteiger partial charge >= 0.3 is 0 Å². The minimum atomic E-state index is -3.68. The molecule has 0 aliphatic carbocycles. The molecule has 122 valence electrons. The summed E-state index contributed by atoms with van der Waals surface area (Å²) >= 11 is 9.51. The van der Waals surface area contributed by atoms with Gasteiger partial charge in [-0.25, -0.2) is 8.42 Å². The minimum absolute atomic E-state index is 0.148. The number of rotatable bonds is 3. The second kappa shape index (κ2) is 6.00. The van der Waals surface area contributed by atoms with Crippen molar-refractivity contribution in [2.75, 3.05) is 11.4 Å². The Morgan fingerprint density at radius 2 is 2.00 bits per heavy atom. The van der Waals surface area contributed by atoms with Gasteiger partial charge in [-0.2, -0.15) is 0 Å². The summed E-state index contributed by atoms with van der Waals surface area (Å²) in [6.45, 7) is 1.90. The smallest absolute Gasteiger partial charge is 0.264 e. The van der Waals surface area contributed by atoms with Crippen LogP contribution >= 0.6 is 27.5 Å². The highest BCUT2D eigenvalue weighted by Gasteiger charge is 2.36. The van der Waals surface area contributed by atoms with Crippen LogP contribution in [0.1, 0.15) is 12.5 Å². The first kappa shape index (κ1) is 16.6. The van der Waals surface area contributed by atoms with Gasteiger partial charge in [0.25, 0.3) is 10.0 Å². The third-order valence-corrected chi connectivity index (χ3v) is 6.59. The van der Waals surface area contributed by atoms with Gasteiger partial charge in [0, 0.05) is 10.5 Å². The van der Waals surface area contributed by atoms with Gasteiger partial charge in [0.2, 0.25) is 0 Å². The van der Waals surface area contributed by atoms with Crippen LogP contribution in [0.25, 0.3) is 0 Å². The molecule has 0 aromatic heterocycles. The maximum absolute atomic E-state index is 13.1. The number of ether oxygens (including phenoxy) is 1. The first-order chi connectivity index (χ1) is 10.8. The molecule has 0 amide bonds. The van der Waals surface area contributed by atoms with Crippen molar-refractivity contribution in [2.24, 2.45) is 0 Å². The Balaban J connectivity index is 2.09. The molecule has 4 nitrogen and oxygen atoms in total. The van der Waals surface area contributed by atoms with Crippen molar-refractivity contribution >= 4 is 43.2 Å². The zero-order valence-electron chi connectivity index (χ0n) is 12.6. The molecule has 1 heterocycles. The molecule has 23 heavy (non-hydrogen) atoms. The van der Waals surface area contributed by atoms with Crippen molar-refractivity contribution in [1.29, 1.82) is 0 Å². The molecule has 0 N–H and O–H groups in total. The Labute approximate surface area is 149 Å². The third kappa shape index (κ3) is 2.84. The molecular formula is C16H15BrClNO3S. The highest BCUT2D eigenvalue weighted by molar-refractivity contribution is 9.10. The average Bonchev–Trinajstić information content (AvgIpc) is 2.82. The van der Waals surface area contributed by atoms with E-state index in [1.165, 1.54) is 23.5 Å². The van der Waals surface area contributed by atoms with Crippen molar-refractivity contribution in [3.8, 4) is 5.75 Å². The molecular weight excluding hydrogens is 402 g/mol. The van der Waals surface area contributed by atoms with E-state index in [1.807, 2.05) is 25.1 Å². The summed E-state index contributed by atoms with van der Waals surface area (Å²) in [6, 6.07) is 10.0. The Bertz CT molecular complexity index is 870. The molecule has 0 fully saturated rings. The van der Waals surface area contributed by atoms with Gasteiger partial charge in [0.1, 0.15) is 5.75 Å². The largest absolute Gasteiger partial charge is 0.495 e. The fourth-order valence-corrected chi connectivity index (χ4v) is 5.31. The topological polar surface area (TPSA) is 46.6 Å². The summed E-state index contributed by atoms with van der Waals surface area (Å²) in [5, 5.41) is 0.274. The number of anilines is 1. The maximum Gasteiger partial charge on any atom is 0.264 e. The van der Waals surface area contributed by atoms with E-state index in [-0.39, 0.29) is 16.0 Å². The van der Waals surface area contributed by atoms with Crippen LogP contribution < -0.4 is 9.04 Å². The summed E-state index contributed by atoms with van der Waals surface area (Å²) in [7, 11) is -2.19. The second-order valence-electron chi connectivity index (χ2n) is 5.42. The molecule has 1 aliphatic heterocycles. The second-order valence-corrected chi connectivity index (χ2v) is 8.56. The van der Waals surface area contributed by atoms with Gasteiger partial charge in [-0.1, -0.05) is 27.5 Å². The highest BCUT2D eigenvalue weighted by atomic mass is 79.9. The summed E-state index contributed by atoms with van der Waals surface area (Å²) < 4.78 is 33.6. The number of hydrogen-bond acceptors (Lipinski definition) is 3. The molecule has 1 aliphatic rings. The molecule has 2 aromatic carbocycles. The van der Waals surface area contributed by atoms with Crippen molar-refractivity contribution in [3.63, 3.8) is 0 Å². The van der Waals surface area contributed by atoms with Crippen LogP contribution in [0, 0.1) is 0 Å². The van der Waals surface area contributed by atoms with Crippen molar-refractivity contribution in [2.45, 2.75) is 24.3 Å². The fraction of sp³-hybridized carbons (Fsp3) is 0.250. The molecule has 0 bridgehead atoms. The highest BCUT2D eigenvalue weighted by Crippen LogP contribution is 2.39. The standard InChI is InChI=1S/C16H15BrClNO3S/c1-10-7-11-8-12(17)3-5-15(11)19(10)23(20,21)13-4-6-16(22-2)14(18)9-13/h3-6,8-10H,7H2,1-2H3/t10-/m0/s1. The number of hydrogen-bond donors (Lipinski definition) is 0. The number of fused-ring (bicyclic) bond motifs is 1. The monoisotopic (exact) mass is 415 g/mol. The van der Waals surface area contributed by atoms with Crippen LogP contribution in [0.5, 0.6) is 5.75 Å². The summed E-state index contributed by atoms with van der Waals surface area (Å²) in [5.41, 5.74) is 1.72. The minimum Gasteiger partial charge on any atom is -0.495 e. The van der Waals surface area contributed by atoms with Gasteiger partial charge in [0.05, 0.1) is 22.7 Å². The van der Waals surface area contributed by atoms with Crippen molar-refractivity contribution < 1.29 is 13.2 Å². The quantitative estimate of drug-likeness (QED) is 0.751. The number of halogens is 2. The Hall–Kier alpha value is -1.24. The van der Waals surface area contributed by atoms with Crippen LogP contribution in [-0.4, -0.2) is 21.6 Å². The molecule has 7 heteroatoms. The predicted octanol–water partition coefficient (Wildman–Crippen LogP) is 4.25. The molecule has 3 rings (SSSR count). The molecule has 0 saturated heterocycles. The Kier molecular flexibility index (Phi) is 4.33. The first-order valence-electron chi connectivity index (χ1n) is 7.01. The lowest BCUT2D eigenvalue weighted by Gasteiger charge is -2.24. The zero-order valence-corrected chi connectivity index (χ0v) is 15.7. The lowest BCUT2D eigenvalue weighted by atomic mass is 10.1. The van der Waals surface area contributed by atoms with Crippen molar-refractivity contribution in [1.82, 2.24) is 0 Å². The van der Waals surface area contributed by atoms with E-state index >= 15 is 0 Å². The fourth-order valence-electron chi connectivity index (χ4n) is 2.86. The van der Waals surface area contributed by atoms with Gasteiger partial charge in [-0.3, -0.25) is 4.31 Å². The van der Waals surface area contributed by atoms with E-state index in [1.54, 1.807) is 6.07 Å². The van der Waals surface area contributed by atoms with Crippen LogP contribution in [0.4, 0.5) is 5.69 Å². The third-order valence-electron chi connectivity index (χ3n) is 3.87. The van der Waals surface area contributed by atoms with E-state index in [9.17, 15) is 8.42 Å². The van der Waals surface area contributed by atoms with Crippen LogP contribution in [0.15, 0.2) is 45.8 Å². The molecule has 0 unspecified atom stereocenters. The lowest BCUT2D eigenvalue weighted by molar-refractivity contribution is 0.414. The SMILES string of the molecule is COc1ccc(S(=O)(=O)N2c3ccc(Br)cc3C[C@@H]2C)cc1Cl. The van der Waals surface area contributed by atoms with E-state index < -0.39 is 10.0 Å². The average molecular weight is 417 g/mol. The normalized spacial score (nSPS) is 17.2. The van der Waals surface area contributed by atoms with Crippen LogP contribution in [0.3, 0.4) is 0 Å². The van der Waals surface area contributed by atoms with Crippen LogP contribution in [-0.2, 0) is 16.4 Å². The Morgan fingerprint density at radius 1 is 1.26 bits per heavy atom. The predicted molar refractivity (Wildman–Crippen MR) is 95.0 cm³/mol. The number of sulfonamides is 1. The first-order valence-corrected chi connectivity index (χ1v) is 9.62. The molecule has 0 radical (unpaired) electrons. The number of methoxy groups -OCH3 is 1. The number of benzene rings is 2. The van der Waals surface area contributed by atoms with Gasteiger partial charge in [-0.05, 0) is 55.3 Å². The molecule has 0 spiro atoms. The van der Waals surface area contributed by atoms with Gasteiger partial charge in [0.15, 0.2) is 0 Å². The summed E-state index contributed by atoms with van der Waals surface area (Å²) in [6.07, 6.45) is 0.678. The van der Waals surface area contributed by atoms with Crippen molar-refractivity contribution in [3.05, 3.63) is 51.5 Å². The maximum atomic E-state index is 13.1. The van der Waals surface area contributed by atoms with E-state index in [0.29, 0.717) is 17.9 Å². The van der Waals surface area contributed by atoms with Gasteiger partial charge in [-0.15, -0.1) is 0 Å². The molecule has 0 saturated carbocycles. The zero-order chi connectivity index (χ0) is 16.8. The lowest BCUT2D eigenvalue weighted by Crippen LogP contribution is -2.35. The van der Waals surface area contributed by atoms with E-state index in [4.69, 9.17) is 16.3 Å². The van der Waals surface area contributed by atoms with Gasteiger partial charge < -0.3 is 4.74 Å². The molecule has 2 aromatic rings. The number of nitrogens with zero attached hydrogens (tertiary/aromatic N) is 1. The summed E-state index contributed by atoms with van der Waals surface area (Å²) in [4.78, 5) is 0.158. The van der Waals surface area contributed by atoms with E-state index in [0.717, 1.165) is 10.0 Å². The van der Waals surface area contributed by atoms with Crippen LogP contribution in [0.2, 0.25) is 5.02 Å². The van der Waals surface area contributed by atoms with E-state index in [2.05, 4.69) is 15.9 Å².